The van der Waals surface area contributed by atoms with Crippen LogP contribution in [0.15, 0.2) is 52.4 Å². The number of fused-ring (bicyclic) bond motifs is 1. The predicted octanol–water partition coefficient (Wildman–Crippen LogP) is 2.07. The Bertz CT molecular complexity index is 1080. The van der Waals surface area contributed by atoms with Crippen LogP contribution < -0.4 is 11.0 Å². The standard InChI is InChI=1S/C17H13ClN2O4/c1-10(21)13-9-19-5-6-20(8-11-3-2-4-12(18)7-11)17(24)14(19)16(23)15(13)22/h2-7,9,23H,8H2,1H3. The van der Waals surface area contributed by atoms with Crippen molar-refractivity contribution in [1.29, 1.82) is 0 Å². The first-order chi connectivity index (χ1) is 11.4. The lowest BCUT2D eigenvalue weighted by atomic mass is 10.1. The van der Waals surface area contributed by atoms with Crippen LogP contribution in [0.2, 0.25) is 5.02 Å². The zero-order valence-electron chi connectivity index (χ0n) is 12.7. The lowest BCUT2D eigenvalue weighted by Crippen LogP contribution is -2.25. The Morgan fingerprint density at radius 2 is 2.00 bits per heavy atom. The number of nitrogens with zero attached hydrogens (tertiary/aromatic N) is 2. The quantitative estimate of drug-likeness (QED) is 0.737. The van der Waals surface area contributed by atoms with Crippen LogP contribution in [0, 0.1) is 0 Å². The van der Waals surface area contributed by atoms with Crippen molar-refractivity contribution in [3.8, 4) is 5.75 Å². The zero-order chi connectivity index (χ0) is 17.4. The highest BCUT2D eigenvalue weighted by molar-refractivity contribution is 6.30. The molecule has 0 aliphatic rings. The Morgan fingerprint density at radius 3 is 2.67 bits per heavy atom. The van der Waals surface area contributed by atoms with E-state index in [9.17, 15) is 19.5 Å². The minimum absolute atomic E-state index is 0.169. The third kappa shape index (κ3) is 2.72. The number of halogens is 1. The van der Waals surface area contributed by atoms with E-state index in [0.717, 1.165) is 5.56 Å². The highest BCUT2D eigenvalue weighted by Gasteiger charge is 2.16. The molecule has 3 rings (SSSR count). The van der Waals surface area contributed by atoms with Crippen molar-refractivity contribution in [2.45, 2.75) is 13.5 Å². The summed E-state index contributed by atoms with van der Waals surface area (Å²) in [6.07, 6.45) is 4.28. The molecule has 24 heavy (non-hydrogen) atoms. The fraction of sp³-hybridized carbons (Fsp3) is 0.118. The monoisotopic (exact) mass is 344 g/mol. The van der Waals surface area contributed by atoms with Crippen LogP contribution >= 0.6 is 11.6 Å². The number of Topliss-reactive ketones (excluding diaryl/α,β-unsaturated/α-hetero) is 1. The topological polar surface area (TPSA) is 80.8 Å². The van der Waals surface area contributed by atoms with Gasteiger partial charge in [0.2, 0.25) is 5.43 Å². The van der Waals surface area contributed by atoms with Crippen molar-refractivity contribution in [2.24, 2.45) is 0 Å². The summed E-state index contributed by atoms with van der Waals surface area (Å²) in [5.74, 6) is -1.21. The van der Waals surface area contributed by atoms with Gasteiger partial charge in [-0.2, -0.15) is 0 Å². The van der Waals surface area contributed by atoms with Gasteiger partial charge in [-0.05, 0) is 24.6 Å². The molecule has 0 saturated heterocycles. The molecular weight excluding hydrogens is 332 g/mol. The molecule has 0 aliphatic heterocycles. The van der Waals surface area contributed by atoms with Crippen LogP contribution in [0.25, 0.3) is 5.52 Å². The molecule has 122 valence electrons. The maximum absolute atomic E-state index is 12.6. The number of hydrogen-bond donors (Lipinski definition) is 1. The second-order valence-electron chi connectivity index (χ2n) is 5.39. The number of aromatic nitrogens is 2. The summed E-state index contributed by atoms with van der Waals surface area (Å²) < 4.78 is 2.64. The summed E-state index contributed by atoms with van der Waals surface area (Å²) in [4.78, 5) is 36.1. The van der Waals surface area contributed by atoms with E-state index in [2.05, 4.69) is 0 Å². The Labute approximate surface area is 141 Å². The predicted molar refractivity (Wildman–Crippen MR) is 90.2 cm³/mol. The van der Waals surface area contributed by atoms with E-state index in [1.165, 1.54) is 34.5 Å². The first-order valence-electron chi connectivity index (χ1n) is 7.11. The summed E-state index contributed by atoms with van der Waals surface area (Å²) in [7, 11) is 0. The van der Waals surface area contributed by atoms with Crippen LogP contribution in [0.3, 0.4) is 0 Å². The average Bonchev–Trinajstić information content (AvgIpc) is 2.53. The largest absolute Gasteiger partial charge is 0.503 e. The van der Waals surface area contributed by atoms with E-state index in [0.29, 0.717) is 5.02 Å². The van der Waals surface area contributed by atoms with Gasteiger partial charge in [0.15, 0.2) is 17.0 Å². The van der Waals surface area contributed by atoms with Gasteiger partial charge < -0.3 is 14.1 Å². The van der Waals surface area contributed by atoms with Crippen molar-refractivity contribution in [2.75, 3.05) is 0 Å². The number of aromatic hydroxyl groups is 1. The maximum atomic E-state index is 12.6. The molecule has 1 aromatic carbocycles. The van der Waals surface area contributed by atoms with Gasteiger partial charge in [0.05, 0.1) is 12.1 Å². The molecule has 0 fully saturated rings. The second-order valence-corrected chi connectivity index (χ2v) is 5.83. The van der Waals surface area contributed by atoms with Crippen LogP contribution in [0.1, 0.15) is 22.8 Å². The number of pyridine rings is 1. The Kier molecular flexibility index (Phi) is 3.99. The summed E-state index contributed by atoms with van der Waals surface area (Å²) in [6, 6.07) is 7.03. The fourth-order valence-corrected chi connectivity index (χ4v) is 2.73. The van der Waals surface area contributed by atoms with Crippen molar-refractivity contribution in [3.05, 3.63) is 79.6 Å². The SMILES string of the molecule is CC(=O)c1cn2ccn(Cc3cccc(Cl)c3)c(=O)c2c(O)c1=O. The van der Waals surface area contributed by atoms with Gasteiger partial charge in [-0.1, -0.05) is 23.7 Å². The molecule has 0 aliphatic carbocycles. The number of rotatable bonds is 3. The minimum Gasteiger partial charge on any atom is -0.503 e. The van der Waals surface area contributed by atoms with Crippen LogP contribution in [-0.2, 0) is 6.54 Å². The third-order valence-electron chi connectivity index (χ3n) is 3.70. The van der Waals surface area contributed by atoms with Crippen LogP contribution in [0.5, 0.6) is 5.75 Å². The highest BCUT2D eigenvalue weighted by Crippen LogP contribution is 2.14. The minimum atomic E-state index is -0.847. The lowest BCUT2D eigenvalue weighted by molar-refractivity contribution is 0.101. The van der Waals surface area contributed by atoms with E-state index in [1.54, 1.807) is 18.2 Å². The molecule has 0 unspecified atom stereocenters. The van der Waals surface area contributed by atoms with Gasteiger partial charge in [0.1, 0.15) is 0 Å². The molecular formula is C17H13ClN2O4. The molecule has 0 atom stereocenters. The Morgan fingerprint density at radius 1 is 1.25 bits per heavy atom. The summed E-state index contributed by atoms with van der Waals surface area (Å²) in [6.45, 7) is 1.46. The molecule has 0 saturated carbocycles. The van der Waals surface area contributed by atoms with Gasteiger partial charge >= 0.3 is 0 Å². The maximum Gasteiger partial charge on any atom is 0.279 e. The van der Waals surface area contributed by atoms with Crippen molar-refractivity contribution >= 4 is 22.9 Å². The average molecular weight is 345 g/mol. The molecule has 0 spiro atoms. The first kappa shape index (κ1) is 16.0. The van der Waals surface area contributed by atoms with Gasteiger partial charge in [0, 0.05) is 23.6 Å². The van der Waals surface area contributed by atoms with Gasteiger partial charge in [-0.15, -0.1) is 0 Å². The smallest absolute Gasteiger partial charge is 0.279 e. The van der Waals surface area contributed by atoms with Crippen LogP contribution in [0.4, 0.5) is 0 Å². The van der Waals surface area contributed by atoms with E-state index in [-0.39, 0.29) is 17.6 Å². The normalized spacial score (nSPS) is 10.9. The van der Waals surface area contributed by atoms with Crippen molar-refractivity contribution < 1.29 is 9.90 Å². The molecule has 2 aromatic heterocycles. The Balaban J connectivity index is 2.20. The third-order valence-corrected chi connectivity index (χ3v) is 3.94. The molecule has 0 amide bonds. The number of carbonyl (C=O) groups excluding carboxylic acids is 1. The van der Waals surface area contributed by atoms with E-state index < -0.39 is 22.5 Å². The van der Waals surface area contributed by atoms with Gasteiger partial charge in [0.25, 0.3) is 5.56 Å². The Hall–Kier alpha value is -2.86. The molecule has 1 N–H and O–H groups in total. The van der Waals surface area contributed by atoms with Gasteiger partial charge in [-0.25, -0.2) is 0 Å². The number of ketones is 1. The molecule has 3 aromatic rings. The second kappa shape index (κ2) is 5.98. The number of benzene rings is 1. The van der Waals surface area contributed by atoms with E-state index in [4.69, 9.17) is 11.6 Å². The molecule has 0 bridgehead atoms. The molecule has 2 heterocycles. The van der Waals surface area contributed by atoms with Crippen molar-refractivity contribution in [1.82, 2.24) is 8.97 Å². The fourth-order valence-electron chi connectivity index (χ4n) is 2.51. The first-order valence-corrected chi connectivity index (χ1v) is 7.49. The van der Waals surface area contributed by atoms with E-state index in [1.807, 2.05) is 6.07 Å². The summed E-state index contributed by atoms with van der Waals surface area (Å²) in [5, 5.41) is 10.6. The summed E-state index contributed by atoms with van der Waals surface area (Å²) >= 11 is 5.93. The molecule has 0 radical (unpaired) electrons. The summed E-state index contributed by atoms with van der Waals surface area (Å²) in [5.41, 5.74) is -0.926. The number of carbonyl (C=O) groups is 1. The van der Waals surface area contributed by atoms with Gasteiger partial charge in [-0.3, -0.25) is 14.4 Å². The van der Waals surface area contributed by atoms with Crippen LogP contribution in [-0.4, -0.2) is 19.9 Å². The van der Waals surface area contributed by atoms with Crippen molar-refractivity contribution in [3.63, 3.8) is 0 Å². The molecule has 6 nitrogen and oxygen atoms in total. The highest BCUT2D eigenvalue weighted by atomic mass is 35.5. The molecule has 7 heteroatoms. The number of hydrogen-bond acceptors (Lipinski definition) is 4. The van der Waals surface area contributed by atoms with E-state index >= 15 is 0 Å². The lowest BCUT2D eigenvalue weighted by Gasteiger charge is -2.10. The zero-order valence-corrected chi connectivity index (χ0v) is 13.4.